The number of unbranched alkanes of at least 4 members (excludes halogenated alkanes) is 2. The van der Waals surface area contributed by atoms with E-state index in [9.17, 15) is 9.59 Å². The minimum Gasteiger partial charge on any atom is -0.469 e. The van der Waals surface area contributed by atoms with Gasteiger partial charge in [0.25, 0.3) is 5.91 Å². The molecule has 0 spiro atoms. The molecule has 1 aromatic carbocycles. The first-order chi connectivity index (χ1) is 9.54. The van der Waals surface area contributed by atoms with Crippen molar-refractivity contribution >= 4 is 27.8 Å². The second kappa shape index (κ2) is 8.74. The average molecular weight is 342 g/mol. The summed E-state index contributed by atoms with van der Waals surface area (Å²) in [7, 11) is 1.39. The Morgan fingerprint density at radius 3 is 2.70 bits per heavy atom. The van der Waals surface area contributed by atoms with E-state index < -0.39 is 0 Å². The normalized spacial score (nSPS) is 10.2. The molecular weight excluding hydrogens is 322 g/mol. The van der Waals surface area contributed by atoms with Crippen molar-refractivity contribution in [3.05, 3.63) is 33.8 Å². The van der Waals surface area contributed by atoms with E-state index in [2.05, 4.69) is 26.0 Å². The van der Waals surface area contributed by atoms with Gasteiger partial charge in [-0.05, 0) is 37.5 Å². The van der Waals surface area contributed by atoms with Crippen molar-refractivity contribution in [3.63, 3.8) is 0 Å². The molecular formula is C15H20BrNO3. The van der Waals surface area contributed by atoms with E-state index in [-0.39, 0.29) is 11.9 Å². The van der Waals surface area contributed by atoms with Crippen molar-refractivity contribution in [2.24, 2.45) is 0 Å². The fraction of sp³-hybridized carbons (Fsp3) is 0.467. The molecule has 5 heteroatoms. The largest absolute Gasteiger partial charge is 0.469 e. The lowest BCUT2D eigenvalue weighted by Gasteiger charge is -2.08. The van der Waals surface area contributed by atoms with Gasteiger partial charge in [-0.25, -0.2) is 0 Å². The van der Waals surface area contributed by atoms with Crippen LogP contribution in [0.15, 0.2) is 22.7 Å². The van der Waals surface area contributed by atoms with Crippen LogP contribution in [0.25, 0.3) is 0 Å². The summed E-state index contributed by atoms with van der Waals surface area (Å²) in [6, 6.07) is 5.65. The van der Waals surface area contributed by atoms with E-state index in [0.717, 1.165) is 29.3 Å². The molecule has 0 unspecified atom stereocenters. The van der Waals surface area contributed by atoms with Gasteiger partial charge in [-0.3, -0.25) is 9.59 Å². The van der Waals surface area contributed by atoms with E-state index >= 15 is 0 Å². The molecule has 20 heavy (non-hydrogen) atoms. The Morgan fingerprint density at radius 1 is 1.25 bits per heavy atom. The number of rotatable bonds is 7. The van der Waals surface area contributed by atoms with Gasteiger partial charge in [0.1, 0.15) is 0 Å². The minimum atomic E-state index is -0.182. The zero-order valence-corrected chi connectivity index (χ0v) is 13.5. The van der Waals surface area contributed by atoms with Crippen molar-refractivity contribution in [2.75, 3.05) is 13.7 Å². The fourth-order valence-electron chi connectivity index (χ4n) is 1.81. The van der Waals surface area contributed by atoms with Crippen LogP contribution in [-0.2, 0) is 9.53 Å². The number of carbonyl (C=O) groups is 2. The minimum absolute atomic E-state index is 0.0585. The predicted molar refractivity (Wildman–Crippen MR) is 81.7 cm³/mol. The molecule has 4 nitrogen and oxygen atoms in total. The Labute approximate surface area is 128 Å². The number of esters is 1. The third-order valence-electron chi connectivity index (χ3n) is 3.02. The second-order valence-electron chi connectivity index (χ2n) is 4.60. The number of hydrogen-bond acceptors (Lipinski definition) is 3. The van der Waals surface area contributed by atoms with Gasteiger partial charge >= 0.3 is 5.97 Å². The van der Waals surface area contributed by atoms with Crippen LogP contribution in [-0.4, -0.2) is 25.5 Å². The molecule has 0 aliphatic rings. The van der Waals surface area contributed by atoms with Gasteiger partial charge in [0, 0.05) is 23.0 Å². The number of methoxy groups -OCH3 is 1. The van der Waals surface area contributed by atoms with E-state index in [1.54, 1.807) is 0 Å². The van der Waals surface area contributed by atoms with Crippen LogP contribution in [0, 0.1) is 6.92 Å². The third-order valence-corrected chi connectivity index (χ3v) is 3.51. The van der Waals surface area contributed by atoms with Crippen LogP contribution in [0.5, 0.6) is 0 Å². The maximum absolute atomic E-state index is 12.0. The monoisotopic (exact) mass is 341 g/mol. The van der Waals surface area contributed by atoms with E-state index in [1.165, 1.54) is 7.11 Å². The molecule has 0 bridgehead atoms. The lowest BCUT2D eigenvalue weighted by molar-refractivity contribution is -0.140. The summed E-state index contributed by atoms with van der Waals surface area (Å²) in [5, 5.41) is 2.89. The van der Waals surface area contributed by atoms with E-state index in [4.69, 9.17) is 0 Å². The maximum Gasteiger partial charge on any atom is 0.305 e. The predicted octanol–water partition coefficient (Wildman–Crippen LogP) is 3.22. The highest BCUT2D eigenvalue weighted by Gasteiger charge is 2.08. The zero-order chi connectivity index (χ0) is 15.0. The summed E-state index contributed by atoms with van der Waals surface area (Å²) < 4.78 is 5.46. The third kappa shape index (κ3) is 5.74. The number of carbonyl (C=O) groups excluding carboxylic acids is 2. The number of halogens is 1. The number of aryl methyl sites for hydroxylation is 1. The molecule has 0 heterocycles. The Kier molecular flexibility index (Phi) is 7.30. The van der Waals surface area contributed by atoms with Gasteiger partial charge < -0.3 is 10.1 Å². The number of nitrogens with one attached hydrogen (secondary N) is 1. The molecule has 0 saturated heterocycles. The van der Waals surface area contributed by atoms with Gasteiger partial charge in [-0.15, -0.1) is 0 Å². The molecule has 1 aromatic rings. The van der Waals surface area contributed by atoms with E-state index in [1.807, 2.05) is 25.1 Å². The SMILES string of the molecule is COC(=O)CCCCCNC(=O)c1cc(Br)ccc1C. The molecule has 0 saturated carbocycles. The number of hydrogen-bond donors (Lipinski definition) is 1. The highest BCUT2D eigenvalue weighted by molar-refractivity contribution is 9.10. The highest BCUT2D eigenvalue weighted by Crippen LogP contribution is 2.15. The molecule has 0 atom stereocenters. The molecule has 1 amide bonds. The van der Waals surface area contributed by atoms with Crippen molar-refractivity contribution in [1.82, 2.24) is 5.32 Å². The fourth-order valence-corrected chi connectivity index (χ4v) is 2.17. The van der Waals surface area contributed by atoms with Crippen LogP contribution in [0.2, 0.25) is 0 Å². The Hall–Kier alpha value is -1.36. The molecule has 0 aliphatic carbocycles. The smallest absolute Gasteiger partial charge is 0.305 e. The van der Waals surface area contributed by atoms with Crippen molar-refractivity contribution < 1.29 is 14.3 Å². The van der Waals surface area contributed by atoms with Crippen LogP contribution >= 0.6 is 15.9 Å². The lowest BCUT2D eigenvalue weighted by atomic mass is 10.1. The lowest BCUT2D eigenvalue weighted by Crippen LogP contribution is -2.25. The van der Waals surface area contributed by atoms with Crippen molar-refractivity contribution in [1.29, 1.82) is 0 Å². The van der Waals surface area contributed by atoms with Gasteiger partial charge in [0.2, 0.25) is 0 Å². The molecule has 1 N–H and O–H groups in total. The Bertz CT molecular complexity index is 474. The molecule has 1 rings (SSSR count). The summed E-state index contributed by atoms with van der Waals surface area (Å²) in [6.07, 6.45) is 2.98. The van der Waals surface area contributed by atoms with Crippen molar-refractivity contribution in [3.8, 4) is 0 Å². The first kappa shape index (κ1) is 16.7. The Balaban J connectivity index is 2.27. The van der Waals surface area contributed by atoms with Gasteiger partial charge in [0.05, 0.1) is 7.11 Å². The molecule has 110 valence electrons. The van der Waals surface area contributed by atoms with Crippen molar-refractivity contribution in [2.45, 2.75) is 32.6 Å². The zero-order valence-electron chi connectivity index (χ0n) is 11.9. The second-order valence-corrected chi connectivity index (χ2v) is 5.52. The van der Waals surface area contributed by atoms with Crippen LogP contribution in [0.1, 0.15) is 41.6 Å². The molecule has 0 aliphatic heterocycles. The van der Waals surface area contributed by atoms with Crippen LogP contribution < -0.4 is 5.32 Å². The standard InChI is InChI=1S/C15H20BrNO3/c1-11-7-8-12(16)10-13(11)15(19)17-9-5-3-4-6-14(18)20-2/h7-8,10H,3-6,9H2,1-2H3,(H,17,19). The topological polar surface area (TPSA) is 55.4 Å². The summed E-state index contributed by atoms with van der Waals surface area (Å²) in [5.41, 5.74) is 1.64. The maximum atomic E-state index is 12.0. The summed E-state index contributed by atoms with van der Waals surface area (Å²) in [4.78, 5) is 22.9. The molecule has 0 fully saturated rings. The number of amides is 1. The number of ether oxygens (including phenoxy) is 1. The highest BCUT2D eigenvalue weighted by atomic mass is 79.9. The van der Waals surface area contributed by atoms with Gasteiger partial charge in [0.15, 0.2) is 0 Å². The Morgan fingerprint density at radius 2 is 2.00 bits per heavy atom. The first-order valence-corrected chi connectivity index (χ1v) is 7.45. The molecule has 0 radical (unpaired) electrons. The summed E-state index contributed by atoms with van der Waals surface area (Å²) >= 11 is 3.36. The van der Waals surface area contributed by atoms with Crippen LogP contribution in [0.3, 0.4) is 0 Å². The van der Waals surface area contributed by atoms with Crippen LogP contribution in [0.4, 0.5) is 0 Å². The van der Waals surface area contributed by atoms with Gasteiger partial charge in [-0.2, -0.15) is 0 Å². The van der Waals surface area contributed by atoms with E-state index in [0.29, 0.717) is 18.5 Å². The summed E-state index contributed by atoms with van der Waals surface area (Å²) in [5.74, 6) is -0.240. The number of benzene rings is 1. The molecule has 0 aromatic heterocycles. The average Bonchev–Trinajstić information content (AvgIpc) is 2.44. The summed E-state index contributed by atoms with van der Waals surface area (Å²) in [6.45, 7) is 2.53. The first-order valence-electron chi connectivity index (χ1n) is 6.65. The van der Waals surface area contributed by atoms with Gasteiger partial charge in [-0.1, -0.05) is 28.4 Å². The quantitative estimate of drug-likeness (QED) is 0.611.